The molecule has 0 aliphatic heterocycles. The highest BCUT2D eigenvalue weighted by Crippen LogP contribution is 2.40. The number of oxime groups is 1. The van der Waals surface area contributed by atoms with E-state index in [4.69, 9.17) is 5.21 Å². The van der Waals surface area contributed by atoms with Gasteiger partial charge in [0, 0.05) is 6.16 Å². The van der Waals surface area contributed by atoms with Gasteiger partial charge in [-0.1, -0.05) is 51.9 Å². The predicted molar refractivity (Wildman–Crippen MR) is 72.4 cm³/mol. The fourth-order valence-electron chi connectivity index (χ4n) is 1.75. The van der Waals surface area contributed by atoms with Crippen molar-refractivity contribution in [3.05, 3.63) is 0 Å². The van der Waals surface area contributed by atoms with E-state index in [1.807, 2.05) is 0 Å². The molecule has 0 aromatic rings. The Balaban J connectivity index is 3.35. The molecule has 5 heteroatoms. The smallest absolute Gasteiger partial charge is 0.205 e. The first-order valence-corrected chi connectivity index (χ1v) is 8.62. The third-order valence-corrected chi connectivity index (χ3v) is 4.56. The minimum atomic E-state index is -3.08. The fourth-order valence-corrected chi connectivity index (χ4v) is 2.98. The van der Waals surface area contributed by atoms with E-state index in [1.54, 1.807) is 0 Å². The van der Waals surface area contributed by atoms with E-state index in [-0.39, 0.29) is 6.16 Å². The van der Waals surface area contributed by atoms with Gasteiger partial charge >= 0.3 is 0 Å². The molecule has 0 aliphatic carbocycles. The Bertz CT molecular complexity index is 244. The monoisotopic (exact) mass is 263 g/mol. The normalized spacial score (nSPS) is 15.2. The first-order valence-electron chi connectivity index (χ1n) is 6.59. The molecule has 0 aromatic carbocycles. The van der Waals surface area contributed by atoms with Crippen molar-refractivity contribution in [3.63, 3.8) is 0 Å². The van der Waals surface area contributed by atoms with Crippen molar-refractivity contribution in [2.75, 3.05) is 12.3 Å². The third-order valence-electron chi connectivity index (χ3n) is 2.81. The Labute approximate surface area is 105 Å². The molecule has 17 heavy (non-hydrogen) atoms. The molecular weight excluding hydrogens is 237 g/mol. The molecule has 1 atom stereocenters. The van der Waals surface area contributed by atoms with E-state index in [9.17, 15) is 9.46 Å². The Hall–Kier alpha value is -0.340. The molecular formula is C12H26NO3P. The molecule has 0 spiro atoms. The van der Waals surface area contributed by atoms with E-state index >= 15 is 0 Å². The Morgan fingerprint density at radius 2 is 1.59 bits per heavy atom. The van der Waals surface area contributed by atoms with Crippen molar-refractivity contribution < 1.29 is 14.7 Å². The average molecular weight is 263 g/mol. The van der Waals surface area contributed by atoms with Crippen LogP contribution in [0.4, 0.5) is 0 Å². The van der Waals surface area contributed by atoms with E-state index in [1.165, 1.54) is 32.1 Å². The third kappa shape index (κ3) is 11.9. The topological polar surface area (TPSA) is 69.9 Å². The van der Waals surface area contributed by atoms with Crippen LogP contribution in [0.3, 0.4) is 0 Å². The number of nitrogens with zero attached hydrogens (tertiary/aromatic N) is 1. The summed E-state index contributed by atoms with van der Waals surface area (Å²) in [6.45, 7) is 2.20. The van der Waals surface area contributed by atoms with Crippen LogP contribution in [-0.4, -0.2) is 28.6 Å². The molecule has 0 aliphatic rings. The van der Waals surface area contributed by atoms with Gasteiger partial charge in [0.05, 0.1) is 12.4 Å². The lowest BCUT2D eigenvalue weighted by Crippen LogP contribution is -1.96. The summed E-state index contributed by atoms with van der Waals surface area (Å²) >= 11 is 0. The Morgan fingerprint density at radius 1 is 1.06 bits per heavy atom. The number of hydrogen-bond donors (Lipinski definition) is 2. The minimum Gasteiger partial charge on any atom is -0.411 e. The number of rotatable bonds is 11. The first kappa shape index (κ1) is 16.7. The molecule has 0 heterocycles. The second-order valence-electron chi connectivity index (χ2n) is 4.53. The van der Waals surface area contributed by atoms with Crippen molar-refractivity contribution in [3.8, 4) is 0 Å². The van der Waals surface area contributed by atoms with Gasteiger partial charge in [0.25, 0.3) is 0 Å². The molecule has 0 fully saturated rings. The van der Waals surface area contributed by atoms with Crippen LogP contribution in [0.15, 0.2) is 5.16 Å². The van der Waals surface area contributed by atoms with E-state index in [2.05, 4.69) is 12.1 Å². The molecule has 0 rings (SSSR count). The zero-order valence-corrected chi connectivity index (χ0v) is 11.7. The summed E-state index contributed by atoms with van der Waals surface area (Å²) in [5.74, 6) is 0. The van der Waals surface area contributed by atoms with Crippen LogP contribution >= 0.6 is 7.37 Å². The molecule has 0 radical (unpaired) electrons. The van der Waals surface area contributed by atoms with Crippen molar-refractivity contribution in [1.29, 1.82) is 0 Å². The fraction of sp³-hybridized carbons (Fsp3) is 0.917. The summed E-state index contributed by atoms with van der Waals surface area (Å²) < 4.78 is 11.5. The van der Waals surface area contributed by atoms with Crippen LogP contribution in [0.25, 0.3) is 0 Å². The highest BCUT2D eigenvalue weighted by molar-refractivity contribution is 7.58. The quantitative estimate of drug-likeness (QED) is 0.195. The van der Waals surface area contributed by atoms with Crippen molar-refractivity contribution in [1.82, 2.24) is 0 Å². The van der Waals surface area contributed by atoms with E-state index in [0.717, 1.165) is 25.5 Å². The molecule has 4 nitrogen and oxygen atoms in total. The van der Waals surface area contributed by atoms with Crippen molar-refractivity contribution >= 4 is 13.6 Å². The van der Waals surface area contributed by atoms with Crippen LogP contribution in [0.2, 0.25) is 0 Å². The second-order valence-corrected chi connectivity index (χ2v) is 7.03. The maximum atomic E-state index is 11.5. The van der Waals surface area contributed by atoms with Gasteiger partial charge < -0.3 is 10.1 Å². The van der Waals surface area contributed by atoms with Gasteiger partial charge in [-0.25, -0.2) is 0 Å². The molecule has 1 unspecified atom stereocenters. The van der Waals surface area contributed by atoms with Gasteiger partial charge in [-0.15, -0.1) is 5.16 Å². The molecule has 102 valence electrons. The highest BCUT2D eigenvalue weighted by Gasteiger charge is 2.15. The van der Waals surface area contributed by atoms with Crippen LogP contribution in [0.5, 0.6) is 0 Å². The Kier molecular flexibility index (Phi) is 10.6. The predicted octanol–water partition coefficient (Wildman–Crippen LogP) is 3.86. The summed E-state index contributed by atoms with van der Waals surface area (Å²) in [4.78, 5) is 9.47. The van der Waals surface area contributed by atoms with Crippen LogP contribution in [-0.2, 0) is 4.57 Å². The summed E-state index contributed by atoms with van der Waals surface area (Å²) in [6.07, 6.45) is 10.8. The first-order chi connectivity index (χ1) is 8.12. The highest BCUT2D eigenvalue weighted by atomic mass is 31.2. The molecule has 0 bridgehead atoms. The average Bonchev–Trinajstić information content (AvgIpc) is 2.30. The lowest BCUT2D eigenvalue weighted by molar-refractivity contribution is 0.321. The number of hydrogen-bond acceptors (Lipinski definition) is 3. The zero-order chi connectivity index (χ0) is 13.0. The molecule has 0 amide bonds. The van der Waals surface area contributed by atoms with Crippen molar-refractivity contribution in [2.24, 2.45) is 5.16 Å². The maximum absolute atomic E-state index is 11.5. The van der Waals surface area contributed by atoms with Crippen LogP contribution in [0.1, 0.15) is 58.3 Å². The minimum absolute atomic E-state index is 0.0139. The summed E-state index contributed by atoms with van der Waals surface area (Å²) in [5.41, 5.74) is 0. The van der Waals surface area contributed by atoms with E-state index in [0.29, 0.717) is 6.16 Å². The van der Waals surface area contributed by atoms with Gasteiger partial charge in [0.15, 0.2) is 0 Å². The van der Waals surface area contributed by atoms with E-state index < -0.39 is 7.37 Å². The second kappa shape index (κ2) is 10.8. The van der Waals surface area contributed by atoms with Gasteiger partial charge in [-0.3, -0.25) is 4.57 Å². The standard InChI is InChI=1S/C12H26NO3P/c1-2-3-4-5-6-7-8-9-11-17(15,16)12-10-13-14/h10,14H,2-9,11-12H2,1H3,(H,15,16). The molecule has 0 saturated heterocycles. The number of unbranched alkanes of at least 4 members (excludes halogenated alkanes) is 7. The van der Waals surface area contributed by atoms with Crippen molar-refractivity contribution in [2.45, 2.75) is 58.3 Å². The molecule has 0 aromatic heterocycles. The van der Waals surface area contributed by atoms with Gasteiger partial charge in [-0.2, -0.15) is 0 Å². The van der Waals surface area contributed by atoms with Gasteiger partial charge in [0.1, 0.15) is 0 Å². The van der Waals surface area contributed by atoms with Gasteiger partial charge in [0.2, 0.25) is 7.37 Å². The van der Waals surface area contributed by atoms with Crippen LogP contribution in [0, 0.1) is 0 Å². The summed E-state index contributed by atoms with van der Waals surface area (Å²) in [7, 11) is -3.08. The van der Waals surface area contributed by atoms with Gasteiger partial charge in [-0.05, 0) is 6.42 Å². The van der Waals surface area contributed by atoms with Crippen LogP contribution < -0.4 is 0 Å². The SMILES string of the molecule is CCCCCCCCCCP(=O)(O)CC=NO. The lowest BCUT2D eigenvalue weighted by atomic mass is 10.1. The largest absolute Gasteiger partial charge is 0.411 e. The Morgan fingerprint density at radius 3 is 2.12 bits per heavy atom. The summed E-state index contributed by atoms with van der Waals surface area (Å²) in [5, 5.41) is 10.9. The molecule has 0 saturated carbocycles. The zero-order valence-electron chi connectivity index (χ0n) is 10.8. The molecule has 2 N–H and O–H groups in total. The maximum Gasteiger partial charge on any atom is 0.205 e. The summed E-state index contributed by atoms with van der Waals surface area (Å²) in [6, 6.07) is 0. The lowest BCUT2D eigenvalue weighted by Gasteiger charge is -2.08.